The van der Waals surface area contributed by atoms with Crippen LogP contribution in [0.3, 0.4) is 0 Å². The summed E-state index contributed by atoms with van der Waals surface area (Å²) >= 11 is 7.82. The van der Waals surface area contributed by atoms with Gasteiger partial charge in [0.05, 0.1) is 12.6 Å². The maximum atomic E-state index is 6.17. The molecule has 0 aliphatic carbocycles. The van der Waals surface area contributed by atoms with Crippen molar-refractivity contribution in [1.82, 2.24) is 5.32 Å². The van der Waals surface area contributed by atoms with Gasteiger partial charge in [0.15, 0.2) is 23.0 Å². The second-order valence-electron chi connectivity index (χ2n) is 8.07. The van der Waals surface area contributed by atoms with Crippen molar-refractivity contribution in [1.29, 1.82) is 0 Å². The number of halogens is 1. The van der Waals surface area contributed by atoms with Crippen LogP contribution in [0.25, 0.3) is 0 Å². The molecule has 0 amide bonds. The van der Waals surface area contributed by atoms with E-state index in [9.17, 15) is 0 Å². The highest BCUT2D eigenvalue weighted by Gasteiger charge is 2.58. The number of thiocarbonyl (C=S) groups is 1. The maximum Gasteiger partial charge on any atom is 0.189 e. The van der Waals surface area contributed by atoms with Gasteiger partial charge in [-0.05, 0) is 86.8 Å². The van der Waals surface area contributed by atoms with Crippen molar-refractivity contribution < 1.29 is 23.7 Å². The van der Waals surface area contributed by atoms with Gasteiger partial charge in [0.2, 0.25) is 0 Å². The van der Waals surface area contributed by atoms with Crippen molar-refractivity contribution in [3.8, 4) is 0 Å². The summed E-state index contributed by atoms with van der Waals surface area (Å²) in [5.41, 5.74) is 0.912. The van der Waals surface area contributed by atoms with E-state index in [2.05, 4.69) is 33.2 Å². The number of hydrogen-bond donors (Lipinski definition) is 2. The fourth-order valence-corrected chi connectivity index (χ4v) is 4.36. The number of anilines is 1. The summed E-state index contributed by atoms with van der Waals surface area (Å²) in [5.74, 6) is -1.35. The Morgan fingerprint density at radius 3 is 2.39 bits per heavy atom. The molecule has 4 rings (SSSR count). The molecule has 2 N–H and O–H groups in total. The van der Waals surface area contributed by atoms with E-state index < -0.39 is 17.9 Å². The van der Waals surface area contributed by atoms with Gasteiger partial charge in [-0.1, -0.05) is 0 Å². The Labute approximate surface area is 183 Å². The molecule has 0 radical (unpaired) electrons. The Balaban J connectivity index is 1.48. The van der Waals surface area contributed by atoms with Gasteiger partial charge in [0.1, 0.15) is 18.3 Å². The van der Waals surface area contributed by atoms with Gasteiger partial charge >= 0.3 is 0 Å². The molecule has 0 bridgehead atoms. The number of nitrogens with one attached hydrogen (secondary N) is 2. The van der Waals surface area contributed by atoms with E-state index in [-0.39, 0.29) is 24.4 Å². The number of ether oxygens (including phenoxy) is 5. The molecule has 0 saturated carbocycles. The third-order valence-electron chi connectivity index (χ3n) is 4.88. The second-order valence-corrected chi connectivity index (χ2v) is 9.72. The molecule has 0 aromatic heterocycles. The van der Waals surface area contributed by atoms with Gasteiger partial charge in [-0.15, -0.1) is 0 Å². The van der Waals surface area contributed by atoms with Gasteiger partial charge in [0, 0.05) is 9.26 Å². The van der Waals surface area contributed by atoms with Gasteiger partial charge in [-0.3, -0.25) is 0 Å². The first-order valence-corrected chi connectivity index (χ1v) is 10.8. The third kappa shape index (κ3) is 4.45. The molecule has 28 heavy (non-hydrogen) atoms. The number of fused-ring (bicyclic) bond motifs is 1. The molecule has 3 aliphatic rings. The average Bonchev–Trinajstić information content (AvgIpc) is 3.20. The first-order chi connectivity index (χ1) is 13.1. The largest absolute Gasteiger partial charge is 0.354 e. The maximum absolute atomic E-state index is 6.17. The zero-order chi connectivity index (χ0) is 20.1. The summed E-state index contributed by atoms with van der Waals surface area (Å²) in [6.07, 6.45) is -1.34. The highest BCUT2D eigenvalue weighted by molar-refractivity contribution is 14.1. The zero-order valence-electron chi connectivity index (χ0n) is 16.2. The van der Waals surface area contributed by atoms with Crippen LogP contribution in [0.15, 0.2) is 24.3 Å². The van der Waals surface area contributed by atoms with E-state index in [1.54, 1.807) is 0 Å². The lowest BCUT2D eigenvalue weighted by molar-refractivity contribution is -0.223. The van der Waals surface area contributed by atoms with Crippen LogP contribution in [0.1, 0.15) is 27.7 Å². The smallest absolute Gasteiger partial charge is 0.189 e. The Morgan fingerprint density at radius 1 is 1.04 bits per heavy atom. The van der Waals surface area contributed by atoms with Crippen LogP contribution < -0.4 is 10.6 Å². The van der Waals surface area contributed by atoms with Gasteiger partial charge in [0.25, 0.3) is 0 Å². The van der Waals surface area contributed by atoms with Gasteiger partial charge < -0.3 is 34.3 Å². The summed E-state index contributed by atoms with van der Waals surface area (Å²) < 4.78 is 31.1. The number of rotatable bonds is 3. The standard InChI is InChI=1S/C19H25IN2O5S/c1-18(2)23-9-12(25-18)14-13(15-16(24-14)27-19(3,4)26-15)22-17(28)21-11-7-5-10(20)6-8-11/h5-8,12-16H,9H2,1-4H3,(H2,21,22,28)/t12-,13-,14-,15-,16-/m1/s1. The highest BCUT2D eigenvalue weighted by atomic mass is 127. The first-order valence-electron chi connectivity index (χ1n) is 9.28. The van der Waals surface area contributed by atoms with Crippen molar-refractivity contribution in [2.24, 2.45) is 0 Å². The topological polar surface area (TPSA) is 70.2 Å². The Morgan fingerprint density at radius 2 is 1.75 bits per heavy atom. The monoisotopic (exact) mass is 520 g/mol. The SMILES string of the molecule is CC1(C)O[C@H]2O[C@H]([C@H]3COC(C)(C)O3)[C@@H](NC(=S)Nc3ccc(I)cc3)[C@H]2O1. The normalized spacial score (nSPS) is 35.5. The number of benzene rings is 1. The molecule has 3 aliphatic heterocycles. The summed E-state index contributed by atoms with van der Waals surface area (Å²) in [7, 11) is 0. The Kier molecular flexibility index (Phi) is 5.62. The predicted molar refractivity (Wildman–Crippen MR) is 116 cm³/mol. The number of hydrogen-bond acceptors (Lipinski definition) is 6. The molecular formula is C19H25IN2O5S. The molecule has 0 unspecified atom stereocenters. The molecule has 0 spiro atoms. The van der Waals surface area contributed by atoms with Crippen LogP contribution >= 0.6 is 34.8 Å². The van der Waals surface area contributed by atoms with E-state index in [0.717, 1.165) is 9.26 Å². The van der Waals surface area contributed by atoms with Crippen LogP contribution in [0.5, 0.6) is 0 Å². The van der Waals surface area contributed by atoms with E-state index in [0.29, 0.717) is 11.7 Å². The molecule has 3 fully saturated rings. The molecule has 5 atom stereocenters. The lowest BCUT2D eigenvalue weighted by Gasteiger charge is -2.30. The van der Waals surface area contributed by atoms with E-state index in [4.69, 9.17) is 35.9 Å². The van der Waals surface area contributed by atoms with Crippen molar-refractivity contribution in [2.45, 2.75) is 69.9 Å². The van der Waals surface area contributed by atoms with E-state index in [1.807, 2.05) is 52.0 Å². The molecule has 3 saturated heterocycles. The molecule has 154 valence electrons. The first kappa shape index (κ1) is 20.7. The molecule has 3 heterocycles. The lowest BCUT2D eigenvalue weighted by Crippen LogP contribution is -2.53. The van der Waals surface area contributed by atoms with Crippen LogP contribution in [0.2, 0.25) is 0 Å². The minimum absolute atomic E-state index is 0.238. The highest BCUT2D eigenvalue weighted by Crippen LogP contribution is 2.40. The minimum atomic E-state index is -0.711. The minimum Gasteiger partial charge on any atom is -0.354 e. The second kappa shape index (κ2) is 7.60. The molecule has 7 nitrogen and oxygen atoms in total. The summed E-state index contributed by atoms with van der Waals surface area (Å²) in [4.78, 5) is 0. The zero-order valence-corrected chi connectivity index (χ0v) is 19.2. The summed E-state index contributed by atoms with van der Waals surface area (Å²) in [5, 5.41) is 7.07. The van der Waals surface area contributed by atoms with E-state index >= 15 is 0 Å². The molecule has 1 aromatic carbocycles. The van der Waals surface area contributed by atoms with E-state index in [1.165, 1.54) is 0 Å². The van der Waals surface area contributed by atoms with Crippen LogP contribution in [-0.4, -0.2) is 53.9 Å². The van der Waals surface area contributed by atoms with Crippen molar-refractivity contribution in [3.63, 3.8) is 0 Å². The van der Waals surface area contributed by atoms with Gasteiger partial charge in [-0.2, -0.15) is 0 Å². The predicted octanol–water partition coefficient (Wildman–Crippen LogP) is 2.97. The molecular weight excluding hydrogens is 495 g/mol. The average molecular weight is 520 g/mol. The lowest BCUT2D eigenvalue weighted by atomic mass is 10.0. The van der Waals surface area contributed by atoms with Crippen LogP contribution in [-0.2, 0) is 23.7 Å². The van der Waals surface area contributed by atoms with Crippen LogP contribution in [0, 0.1) is 3.57 Å². The Bertz CT molecular complexity index is 744. The fourth-order valence-electron chi connectivity index (χ4n) is 3.74. The van der Waals surface area contributed by atoms with Crippen molar-refractivity contribution in [3.05, 3.63) is 27.8 Å². The van der Waals surface area contributed by atoms with Crippen molar-refractivity contribution in [2.75, 3.05) is 11.9 Å². The quantitative estimate of drug-likeness (QED) is 0.466. The van der Waals surface area contributed by atoms with Crippen molar-refractivity contribution >= 4 is 45.6 Å². The fraction of sp³-hybridized carbons (Fsp3) is 0.632. The molecule has 1 aromatic rings. The summed E-state index contributed by atoms with van der Waals surface area (Å²) in [6, 6.07) is 7.76. The third-order valence-corrected chi connectivity index (χ3v) is 5.82. The summed E-state index contributed by atoms with van der Waals surface area (Å²) in [6.45, 7) is 7.98. The Hall–Kier alpha value is -0.560. The van der Waals surface area contributed by atoms with Gasteiger partial charge in [-0.25, -0.2) is 0 Å². The van der Waals surface area contributed by atoms with Crippen LogP contribution in [0.4, 0.5) is 5.69 Å². The molecule has 9 heteroatoms.